The summed E-state index contributed by atoms with van der Waals surface area (Å²) < 4.78 is 1.12. The van der Waals surface area contributed by atoms with Crippen LogP contribution in [0.25, 0.3) is 10.1 Å². The number of benzene rings is 1. The van der Waals surface area contributed by atoms with E-state index in [9.17, 15) is 5.11 Å². The van der Waals surface area contributed by atoms with E-state index < -0.39 is 0 Å². The highest BCUT2D eigenvalue weighted by Crippen LogP contribution is 2.35. The predicted octanol–water partition coefficient (Wildman–Crippen LogP) is 3.91. The molecule has 0 atom stereocenters. The average Bonchev–Trinajstić information content (AvgIpc) is 2.59. The van der Waals surface area contributed by atoms with Crippen LogP contribution in [0.1, 0.15) is 18.1 Å². The van der Waals surface area contributed by atoms with Gasteiger partial charge in [-0.2, -0.15) is 0 Å². The fourth-order valence-corrected chi connectivity index (χ4v) is 2.74. The Bertz CT molecular complexity index is 462. The number of thiophene rings is 1. The Morgan fingerprint density at radius 3 is 2.86 bits per heavy atom. The monoisotopic (exact) mass is 226 g/mol. The van der Waals surface area contributed by atoms with Crippen LogP contribution >= 0.6 is 22.9 Å². The Labute approximate surface area is 91.9 Å². The quantitative estimate of drug-likeness (QED) is 0.770. The second kappa shape index (κ2) is 3.79. The van der Waals surface area contributed by atoms with E-state index in [1.165, 1.54) is 5.56 Å². The summed E-state index contributed by atoms with van der Waals surface area (Å²) in [6.45, 7) is 2.09. The minimum Gasteiger partial charge on any atom is -0.506 e. The molecule has 0 saturated carbocycles. The van der Waals surface area contributed by atoms with Crippen LogP contribution in [0, 0.1) is 0 Å². The smallest absolute Gasteiger partial charge is 0.134 e. The minimum absolute atomic E-state index is 0.392. The standard InChI is InChI=1S/C11H11ClOS/c1-2-8-3-7(5-12)4-10-11(8)9(13)6-14-10/h3-4,6,13H,2,5H2,1H3. The lowest BCUT2D eigenvalue weighted by Crippen LogP contribution is -1.85. The normalized spacial score (nSPS) is 11.0. The molecule has 3 heteroatoms. The Hall–Kier alpha value is -0.730. The largest absolute Gasteiger partial charge is 0.506 e. The molecule has 0 spiro atoms. The summed E-state index contributed by atoms with van der Waals surface area (Å²) >= 11 is 7.37. The van der Waals surface area contributed by atoms with Crippen molar-refractivity contribution in [2.24, 2.45) is 0 Å². The molecule has 0 amide bonds. The van der Waals surface area contributed by atoms with Crippen LogP contribution in [-0.4, -0.2) is 5.11 Å². The van der Waals surface area contributed by atoms with Gasteiger partial charge in [0.05, 0.1) is 0 Å². The van der Waals surface area contributed by atoms with E-state index >= 15 is 0 Å². The van der Waals surface area contributed by atoms with Crippen LogP contribution in [0.2, 0.25) is 0 Å². The zero-order valence-corrected chi connectivity index (χ0v) is 9.45. The molecule has 0 saturated heterocycles. The maximum atomic E-state index is 9.66. The zero-order valence-electron chi connectivity index (χ0n) is 7.88. The molecule has 2 rings (SSSR count). The topological polar surface area (TPSA) is 20.2 Å². The molecule has 0 aliphatic carbocycles. The van der Waals surface area contributed by atoms with E-state index in [2.05, 4.69) is 13.0 Å². The highest BCUT2D eigenvalue weighted by atomic mass is 35.5. The van der Waals surface area contributed by atoms with Crippen LogP contribution in [0.3, 0.4) is 0 Å². The molecule has 0 bridgehead atoms. The molecule has 0 aliphatic rings. The van der Waals surface area contributed by atoms with Gasteiger partial charge in [-0.05, 0) is 23.6 Å². The van der Waals surface area contributed by atoms with Gasteiger partial charge >= 0.3 is 0 Å². The van der Waals surface area contributed by atoms with Crippen molar-refractivity contribution in [3.63, 3.8) is 0 Å². The number of alkyl halides is 1. The molecule has 1 aromatic carbocycles. The van der Waals surface area contributed by atoms with Gasteiger partial charge in [-0.1, -0.05) is 13.0 Å². The Kier molecular flexibility index (Phi) is 2.66. The van der Waals surface area contributed by atoms with Crippen molar-refractivity contribution in [3.8, 4) is 5.75 Å². The van der Waals surface area contributed by atoms with Crippen LogP contribution in [-0.2, 0) is 12.3 Å². The first-order valence-corrected chi connectivity index (χ1v) is 5.95. The van der Waals surface area contributed by atoms with Gasteiger partial charge in [-0.15, -0.1) is 22.9 Å². The van der Waals surface area contributed by atoms with Crippen molar-refractivity contribution in [2.45, 2.75) is 19.2 Å². The molecular weight excluding hydrogens is 216 g/mol. The first-order chi connectivity index (χ1) is 6.76. The summed E-state index contributed by atoms with van der Waals surface area (Å²) in [4.78, 5) is 0. The van der Waals surface area contributed by atoms with E-state index in [1.54, 1.807) is 16.7 Å². The van der Waals surface area contributed by atoms with E-state index in [4.69, 9.17) is 11.6 Å². The van der Waals surface area contributed by atoms with Gasteiger partial charge in [0.25, 0.3) is 0 Å². The second-order valence-electron chi connectivity index (χ2n) is 3.24. The molecule has 2 aromatic rings. The first kappa shape index (κ1) is 9.81. The van der Waals surface area contributed by atoms with Crippen molar-refractivity contribution in [1.82, 2.24) is 0 Å². The van der Waals surface area contributed by atoms with E-state index in [0.717, 1.165) is 22.1 Å². The average molecular weight is 227 g/mol. The van der Waals surface area contributed by atoms with Crippen molar-refractivity contribution in [3.05, 3.63) is 28.6 Å². The first-order valence-electron chi connectivity index (χ1n) is 4.54. The fourth-order valence-electron chi connectivity index (χ4n) is 1.65. The van der Waals surface area contributed by atoms with Crippen molar-refractivity contribution >= 4 is 33.0 Å². The maximum absolute atomic E-state index is 9.66. The van der Waals surface area contributed by atoms with Gasteiger partial charge < -0.3 is 5.11 Å². The number of fused-ring (bicyclic) bond motifs is 1. The number of hydrogen-bond donors (Lipinski definition) is 1. The highest BCUT2D eigenvalue weighted by Gasteiger charge is 2.08. The summed E-state index contributed by atoms with van der Waals surface area (Å²) in [6, 6.07) is 4.12. The number of aromatic hydroxyl groups is 1. The predicted molar refractivity (Wildman–Crippen MR) is 62.4 cm³/mol. The van der Waals surface area contributed by atoms with Crippen molar-refractivity contribution in [1.29, 1.82) is 0 Å². The summed E-state index contributed by atoms with van der Waals surface area (Å²) in [5.41, 5.74) is 2.30. The van der Waals surface area contributed by atoms with Crippen molar-refractivity contribution in [2.75, 3.05) is 0 Å². The molecular formula is C11H11ClOS. The Morgan fingerprint density at radius 1 is 1.43 bits per heavy atom. The van der Waals surface area contributed by atoms with E-state index in [1.807, 2.05) is 6.07 Å². The molecule has 1 N–H and O–H groups in total. The number of aryl methyl sites for hydroxylation is 1. The van der Waals surface area contributed by atoms with Crippen LogP contribution in [0.4, 0.5) is 0 Å². The lowest BCUT2D eigenvalue weighted by atomic mass is 10.0. The summed E-state index contributed by atoms with van der Waals surface area (Å²) in [5, 5.41) is 12.4. The molecule has 74 valence electrons. The van der Waals surface area contributed by atoms with Crippen molar-refractivity contribution < 1.29 is 5.11 Å². The van der Waals surface area contributed by atoms with Gasteiger partial charge in [0.1, 0.15) is 5.75 Å². The third kappa shape index (κ3) is 1.49. The van der Waals surface area contributed by atoms with E-state index in [0.29, 0.717) is 11.6 Å². The fraction of sp³-hybridized carbons (Fsp3) is 0.273. The number of hydrogen-bond acceptors (Lipinski definition) is 2. The summed E-state index contributed by atoms with van der Waals surface area (Å²) in [7, 11) is 0. The van der Waals surface area contributed by atoms with Gasteiger partial charge in [0.2, 0.25) is 0 Å². The van der Waals surface area contributed by atoms with Gasteiger partial charge in [-0.25, -0.2) is 0 Å². The maximum Gasteiger partial charge on any atom is 0.134 e. The van der Waals surface area contributed by atoms with Crippen LogP contribution in [0.15, 0.2) is 17.5 Å². The lowest BCUT2D eigenvalue weighted by molar-refractivity contribution is 0.483. The molecule has 1 heterocycles. The molecule has 14 heavy (non-hydrogen) atoms. The SMILES string of the molecule is CCc1cc(CCl)cc2scc(O)c12. The zero-order chi connectivity index (χ0) is 10.1. The molecule has 1 aromatic heterocycles. The number of rotatable bonds is 2. The third-order valence-corrected chi connectivity index (χ3v) is 3.56. The Morgan fingerprint density at radius 2 is 2.21 bits per heavy atom. The van der Waals surface area contributed by atoms with Gasteiger partial charge in [0, 0.05) is 21.3 Å². The second-order valence-corrected chi connectivity index (χ2v) is 4.41. The lowest BCUT2D eigenvalue weighted by Gasteiger charge is -2.03. The molecule has 1 nitrogen and oxygen atoms in total. The van der Waals surface area contributed by atoms with Gasteiger partial charge in [0.15, 0.2) is 0 Å². The summed E-state index contributed by atoms with van der Waals surface area (Å²) in [6.07, 6.45) is 0.922. The molecule has 0 fully saturated rings. The summed E-state index contributed by atoms with van der Waals surface area (Å²) in [5.74, 6) is 0.921. The van der Waals surface area contributed by atoms with Crippen LogP contribution < -0.4 is 0 Å². The number of halogens is 1. The minimum atomic E-state index is 0.392. The van der Waals surface area contributed by atoms with E-state index in [-0.39, 0.29) is 0 Å². The van der Waals surface area contributed by atoms with Gasteiger partial charge in [-0.3, -0.25) is 0 Å². The molecule has 0 radical (unpaired) electrons. The highest BCUT2D eigenvalue weighted by molar-refractivity contribution is 7.17. The third-order valence-electron chi connectivity index (χ3n) is 2.33. The van der Waals surface area contributed by atoms with Crippen LogP contribution in [0.5, 0.6) is 5.75 Å². The molecule has 0 unspecified atom stereocenters. The Balaban J connectivity index is 2.76. The molecule has 0 aliphatic heterocycles.